The number of thiophene rings is 1. The van der Waals surface area contributed by atoms with Crippen LogP contribution in [0.4, 0.5) is 0 Å². The van der Waals surface area contributed by atoms with Gasteiger partial charge in [0.1, 0.15) is 0 Å². The van der Waals surface area contributed by atoms with Gasteiger partial charge in [0, 0.05) is 38.3 Å². The molecule has 1 aliphatic rings. The van der Waals surface area contributed by atoms with E-state index >= 15 is 0 Å². The third-order valence-electron chi connectivity index (χ3n) is 3.67. The van der Waals surface area contributed by atoms with Crippen LogP contribution >= 0.6 is 11.3 Å². The predicted molar refractivity (Wildman–Crippen MR) is 75.3 cm³/mol. The normalized spacial score (nSPS) is 18.9. The lowest BCUT2D eigenvalue weighted by molar-refractivity contribution is 0.0147. The van der Waals surface area contributed by atoms with Crippen LogP contribution in [0.5, 0.6) is 0 Å². The van der Waals surface area contributed by atoms with Gasteiger partial charge in [-0.2, -0.15) is 0 Å². The maximum atomic E-state index is 5.52. The number of hydrogen-bond acceptors (Lipinski definition) is 4. The first-order chi connectivity index (χ1) is 8.85. The van der Waals surface area contributed by atoms with Crippen LogP contribution in [0.25, 0.3) is 0 Å². The topological polar surface area (TPSA) is 30.5 Å². The fourth-order valence-corrected chi connectivity index (χ4v) is 3.41. The van der Waals surface area contributed by atoms with Crippen molar-refractivity contribution in [3.05, 3.63) is 22.4 Å². The van der Waals surface area contributed by atoms with E-state index in [4.69, 9.17) is 9.47 Å². The van der Waals surface area contributed by atoms with E-state index in [0.29, 0.717) is 5.41 Å². The molecule has 0 spiro atoms. The minimum Gasteiger partial charge on any atom is -0.383 e. The Morgan fingerprint density at radius 2 is 2.28 bits per heavy atom. The van der Waals surface area contributed by atoms with Crippen LogP contribution in [-0.4, -0.2) is 40.0 Å². The Bertz CT molecular complexity index is 321. The van der Waals surface area contributed by atoms with E-state index in [2.05, 4.69) is 22.8 Å². The average Bonchev–Trinajstić information content (AvgIpc) is 2.89. The summed E-state index contributed by atoms with van der Waals surface area (Å²) in [6.07, 6.45) is 3.49. The summed E-state index contributed by atoms with van der Waals surface area (Å²) in [6, 6.07) is 4.39. The summed E-state index contributed by atoms with van der Waals surface area (Å²) in [5.41, 5.74) is 0.372. The number of nitrogens with one attached hydrogen (secondary N) is 1. The highest BCUT2D eigenvalue weighted by Gasteiger charge is 2.32. The van der Waals surface area contributed by atoms with Crippen molar-refractivity contribution < 1.29 is 9.47 Å². The predicted octanol–water partition coefficient (Wildman–Crippen LogP) is 2.32. The fraction of sp³-hybridized carbons (Fsp3) is 0.714. The molecule has 1 N–H and O–H groups in total. The highest BCUT2D eigenvalue weighted by molar-refractivity contribution is 7.09. The molecule has 102 valence electrons. The molecular weight excluding hydrogens is 246 g/mol. The van der Waals surface area contributed by atoms with E-state index in [1.165, 1.54) is 11.3 Å². The highest BCUT2D eigenvalue weighted by atomic mass is 32.1. The average molecular weight is 269 g/mol. The van der Waals surface area contributed by atoms with Gasteiger partial charge >= 0.3 is 0 Å². The molecule has 1 aromatic rings. The second-order valence-corrected chi connectivity index (χ2v) is 6.07. The van der Waals surface area contributed by atoms with E-state index in [9.17, 15) is 0 Å². The minimum absolute atomic E-state index is 0.372. The van der Waals surface area contributed by atoms with Crippen LogP contribution in [0.3, 0.4) is 0 Å². The van der Waals surface area contributed by atoms with Gasteiger partial charge < -0.3 is 14.8 Å². The fourth-order valence-electron chi connectivity index (χ4n) is 2.53. The molecule has 0 aromatic carbocycles. The summed E-state index contributed by atoms with van der Waals surface area (Å²) >= 11 is 1.87. The van der Waals surface area contributed by atoms with E-state index in [-0.39, 0.29) is 0 Å². The Hall–Kier alpha value is -0.420. The quantitative estimate of drug-likeness (QED) is 0.771. The SMILES string of the molecule is COCCNCC1(Cc2cccs2)CCOCC1. The summed E-state index contributed by atoms with van der Waals surface area (Å²) in [5.74, 6) is 0. The molecule has 1 fully saturated rings. The number of hydrogen-bond donors (Lipinski definition) is 1. The molecule has 18 heavy (non-hydrogen) atoms. The first-order valence-electron chi connectivity index (χ1n) is 6.64. The zero-order valence-corrected chi connectivity index (χ0v) is 11.9. The molecule has 0 amide bonds. The zero-order chi connectivity index (χ0) is 12.7. The summed E-state index contributed by atoms with van der Waals surface area (Å²) in [4.78, 5) is 1.49. The van der Waals surface area contributed by atoms with Crippen molar-refractivity contribution >= 4 is 11.3 Å². The molecule has 3 nitrogen and oxygen atoms in total. The lowest BCUT2D eigenvalue weighted by Gasteiger charge is -2.37. The molecule has 4 heteroatoms. The van der Waals surface area contributed by atoms with Crippen molar-refractivity contribution in [3.63, 3.8) is 0 Å². The summed E-state index contributed by atoms with van der Waals surface area (Å²) in [7, 11) is 1.75. The standard InChI is InChI=1S/C14H23NO2S/c1-16-9-6-15-12-14(4-7-17-8-5-14)11-13-3-2-10-18-13/h2-3,10,15H,4-9,11-12H2,1H3. The van der Waals surface area contributed by atoms with Crippen LogP contribution in [-0.2, 0) is 15.9 Å². The zero-order valence-electron chi connectivity index (χ0n) is 11.1. The molecule has 1 aliphatic heterocycles. The second kappa shape index (κ2) is 7.24. The minimum atomic E-state index is 0.372. The Labute approximate surface area is 113 Å². The first-order valence-corrected chi connectivity index (χ1v) is 7.52. The molecule has 1 aromatic heterocycles. The molecule has 0 unspecified atom stereocenters. The summed E-state index contributed by atoms with van der Waals surface area (Å²) in [6.45, 7) is 4.58. The Balaban J connectivity index is 1.89. The van der Waals surface area contributed by atoms with Gasteiger partial charge in [-0.05, 0) is 36.1 Å². The van der Waals surface area contributed by atoms with Crippen LogP contribution in [0, 0.1) is 5.41 Å². The van der Waals surface area contributed by atoms with E-state index in [1.807, 2.05) is 11.3 Å². The first kappa shape index (κ1) is 14.0. The van der Waals surface area contributed by atoms with Gasteiger partial charge in [0.2, 0.25) is 0 Å². The van der Waals surface area contributed by atoms with Gasteiger partial charge in [-0.1, -0.05) is 6.07 Å². The maximum absolute atomic E-state index is 5.52. The molecule has 0 saturated carbocycles. The Kier molecular flexibility index (Phi) is 5.63. The van der Waals surface area contributed by atoms with Gasteiger partial charge in [-0.3, -0.25) is 0 Å². The summed E-state index contributed by atoms with van der Waals surface area (Å²) in [5, 5.41) is 5.70. The van der Waals surface area contributed by atoms with Crippen molar-refractivity contribution in [2.45, 2.75) is 19.3 Å². The molecule has 2 heterocycles. The van der Waals surface area contributed by atoms with Gasteiger partial charge in [0.25, 0.3) is 0 Å². The van der Waals surface area contributed by atoms with Crippen LogP contribution in [0.2, 0.25) is 0 Å². The summed E-state index contributed by atoms with van der Waals surface area (Å²) < 4.78 is 10.6. The van der Waals surface area contributed by atoms with Crippen molar-refractivity contribution in [1.29, 1.82) is 0 Å². The molecule has 0 radical (unpaired) electrons. The number of methoxy groups -OCH3 is 1. The van der Waals surface area contributed by atoms with Crippen molar-refractivity contribution in [3.8, 4) is 0 Å². The van der Waals surface area contributed by atoms with E-state index in [1.54, 1.807) is 7.11 Å². The Morgan fingerprint density at radius 1 is 1.44 bits per heavy atom. The lowest BCUT2D eigenvalue weighted by Crippen LogP contribution is -2.41. The van der Waals surface area contributed by atoms with E-state index in [0.717, 1.165) is 45.8 Å². The van der Waals surface area contributed by atoms with Crippen molar-refractivity contribution in [2.24, 2.45) is 5.41 Å². The molecule has 0 bridgehead atoms. The van der Waals surface area contributed by atoms with Gasteiger partial charge in [-0.25, -0.2) is 0 Å². The van der Waals surface area contributed by atoms with Crippen LogP contribution in [0.1, 0.15) is 17.7 Å². The van der Waals surface area contributed by atoms with Gasteiger partial charge in [-0.15, -0.1) is 11.3 Å². The molecule has 0 atom stereocenters. The van der Waals surface area contributed by atoms with Crippen molar-refractivity contribution in [2.75, 3.05) is 40.0 Å². The monoisotopic (exact) mass is 269 g/mol. The maximum Gasteiger partial charge on any atom is 0.0587 e. The number of ether oxygens (including phenoxy) is 2. The lowest BCUT2D eigenvalue weighted by atomic mass is 9.77. The molecular formula is C14H23NO2S. The number of rotatable bonds is 7. The third-order valence-corrected chi connectivity index (χ3v) is 4.54. The smallest absolute Gasteiger partial charge is 0.0587 e. The van der Waals surface area contributed by atoms with Crippen LogP contribution in [0.15, 0.2) is 17.5 Å². The molecule has 1 saturated heterocycles. The second-order valence-electron chi connectivity index (χ2n) is 5.04. The van der Waals surface area contributed by atoms with E-state index < -0.39 is 0 Å². The van der Waals surface area contributed by atoms with Gasteiger partial charge in [0.05, 0.1) is 6.61 Å². The largest absolute Gasteiger partial charge is 0.383 e. The Morgan fingerprint density at radius 3 is 2.94 bits per heavy atom. The molecule has 2 rings (SSSR count). The van der Waals surface area contributed by atoms with Crippen molar-refractivity contribution in [1.82, 2.24) is 5.32 Å². The van der Waals surface area contributed by atoms with Gasteiger partial charge in [0.15, 0.2) is 0 Å². The third kappa shape index (κ3) is 4.05. The van der Waals surface area contributed by atoms with Crippen LogP contribution < -0.4 is 5.32 Å². The molecule has 0 aliphatic carbocycles. The highest BCUT2D eigenvalue weighted by Crippen LogP contribution is 2.34.